The first-order chi connectivity index (χ1) is 9.03. The number of aliphatic hydroxyl groups is 1. The molecule has 0 saturated carbocycles. The summed E-state index contributed by atoms with van der Waals surface area (Å²) in [4.78, 5) is 4.81. The van der Waals surface area contributed by atoms with E-state index in [1.165, 1.54) is 6.42 Å². The molecule has 0 bridgehead atoms. The van der Waals surface area contributed by atoms with Gasteiger partial charge in [-0.1, -0.05) is 37.3 Å². The van der Waals surface area contributed by atoms with Gasteiger partial charge < -0.3 is 10.0 Å². The lowest BCUT2D eigenvalue weighted by Crippen LogP contribution is -2.54. The highest BCUT2D eigenvalue weighted by Gasteiger charge is 2.30. The fraction of sp³-hybridized carbons (Fsp3) is 0.625. The van der Waals surface area contributed by atoms with Crippen molar-refractivity contribution in [2.75, 3.05) is 33.2 Å². The van der Waals surface area contributed by atoms with Gasteiger partial charge >= 0.3 is 0 Å². The maximum absolute atomic E-state index is 10.7. The molecule has 1 N–H and O–H groups in total. The molecule has 2 atom stereocenters. The highest BCUT2D eigenvalue weighted by Crippen LogP contribution is 2.23. The van der Waals surface area contributed by atoms with Crippen LogP contribution in [0.1, 0.15) is 25.8 Å². The molecular weight excluding hydrogens is 236 g/mol. The number of hydrogen-bond acceptors (Lipinski definition) is 3. The Hall–Kier alpha value is -0.900. The molecule has 2 unspecified atom stereocenters. The quantitative estimate of drug-likeness (QED) is 0.898. The van der Waals surface area contributed by atoms with Crippen molar-refractivity contribution < 1.29 is 5.11 Å². The Morgan fingerprint density at radius 3 is 2.58 bits per heavy atom. The molecule has 0 aromatic heterocycles. The lowest BCUT2D eigenvalue weighted by atomic mass is 9.94. The van der Waals surface area contributed by atoms with Crippen molar-refractivity contribution in [3.05, 3.63) is 35.9 Å². The van der Waals surface area contributed by atoms with E-state index in [0.29, 0.717) is 12.6 Å². The molecule has 1 aliphatic heterocycles. The Kier molecular flexibility index (Phi) is 4.61. The average Bonchev–Trinajstić information content (AvgIpc) is 2.42. The third kappa shape index (κ3) is 3.56. The monoisotopic (exact) mass is 262 g/mol. The minimum absolute atomic E-state index is 0.611. The van der Waals surface area contributed by atoms with Crippen molar-refractivity contribution in [2.45, 2.75) is 31.9 Å². The third-order valence-electron chi connectivity index (χ3n) is 4.26. The zero-order chi connectivity index (χ0) is 13.9. The van der Waals surface area contributed by atoms with Crippen LogP contribution in [0.15, 0.2) is 30.3 Å². The summed E-state index contributed by atoms with van der Waals surface area (Å²) >= 11 is 0. The molecule has 3 heteroatoms. The number of piperazine rings is 1. The van der Waals surface area contributed by atoms with Crippen LogP contribution in [0, 0.1) is 0 Å². The fourth-order valence-electron chi connectivity index (χ4n) is 2.92. The first-order valence-electron chi connectivity index (χ1n) is 7.23. The van der Waals surface area contributed by atoms with E-state index < -0.39 is 5.60 Å². The number of rotatable bonds is 4. The number of likely N-dealkylation sites (N-methyl/N-ethyl adjacent to an activating group) is 1. The molecule has 0 radical (unpaired) electrons. The third-order valence-corrected chi connectivity index (χ3v) is 4.26. The molecule has 1 saturated heterocycles. The molecule has 1 aromatic rings. The van der Waals surface area contributed by atoms with Crippen LogP contribution in [0.2, 0.25) is 0 Å². The van der Waals surface area contributed by atoms with E-state index in [0.717, 1.165) is 25.2 Å². The average molecular weight is 262 g/mol. The fourth-order valence-corrected chi connectivity index (χ4v) is 2.92. The van der Waals surface area contributed by atoms with Crippen molar-refractivity contribution in [1.29, 1.82) is 0 Å². The molecule has 3 nitrogen and oxygen atoms in total. The first-order valence-corrected chi connectivity index (χ1v) is 7.23. The van der Waals surface area contributed by atoms with Gasteiger partial charge in [-0.25, -0.2) is 0 Å². The highest BCUT2D eigenvalue weighted by atomic mass is 16.3. The minimum atomic E-state index is -0.768. The van der Waals surface area contributed by atoms with Crippen molar-refractivity contribution in [3.63, 3.8) is 0 Å². The normalized spacial score (nSPS) is 25.2. The standard InChI is InChI=1S/C16H26N2O/c1-4-15-12-18(11-10-17(15)3)13-16(2,19)14-8-6-5-7-9-14/h5-9,15,19H,4,10-13H2,1-3H3. The smallest absolute Gasteiger partial charge is 0.0994 e. The molecule has 1 heterocycles. The van der Waals surface area contributed by atoms with Gasteiger partial charge in [-0.2, -0.15) is 0 Å². The number of hydrogen-bond donors (Lipinski definition) is 1. The van der Waals surface area contributed by atoms with E-state index in [1.807, 2.05) is 37.3 Å². The maximum atomic E-state index is 10.7. The summed E-state index contributed by atoms with van der Waals surface area (Å²) in [5.74, 6) is 0. The van der Waals surface area contributed by atoms with Crippen LogP contribution in [0.5, 0.6) is 0 Å². The minimum Gasteiger partial charge on any atom is -0.384 e. The van der Waals surface area contributed by atoms with E-state index in [9.17, 15) is 5.11 Å². The first kappa shape index (κ1) is 14.5. The molecule has 1 fully saturated rings. The summed E-state index contributed by atoms with van der Waals surface area (Å²) in [6, 6.07) is 10.6. The summed E-state index contributed by atoms with van der Waals surface area (Å²) in [6.45, 7) is 8.04. The second-order valence-electron chi connectivity index (χ2n) is 5.92. The number of nitrogens with zero attached hydrogens (tertiary/aromatic N) is 2. The van der Waals surface area contributed by atoms with Gasteiger partial charge in [-0.3, -0.25) is 4.90 Å². The zero-order valence-electron chi connectivity index (χ0n) is 12.3. The lowest BCUT2D eigenvalue weighted by molar-refractivity contribution is -0.00930. The van der Waals surface area contributed by atoms with Gasteiger partial charge in [0, 0.05) is 32.2 Å². The van der Waals surface area contributed by atoms with E-state index in [4.69, 9.17) is 0 Å². The number of benzene rings is 1. The van der Waals surface area contributed by atoms with E-state index >= 15 is 0 Å². The van der Waals surface area contributed by atoms with Crippen molar-refractivity contribution in [1.82, 2.24) is 9.80 Å². The van der Waals surface area contributed by atoms with Gasteiger partial charge in [0.15, 0.2) is 0 Å². The second-order valence-corrected chi connectivity index (χ2v) is 5.92. The van der Waals surface area contributed by atoms with Crippen LogP contribution in [0.3, 0.4) is 0 Å². The van der Waals surface area contributed by atoms with Gasteiger partial charge in [0.05, 0.1) is 5.60 Å². The second kappa shape index (κ2) is 6.04. The summed E-state index contributed by atoms with van der Waals surface area (Å²) < 4.78 is 0. The van der Waals surface area contributed by atoms with Crippen LogP contribution in [-0.4, -0.2) is 54.2 Å². The molecule has 0 amide bonds. The molecule has 19 heavy (non-hydrogen) atoms. The van der Waals surface area contributed by atoms with E-state index in [2.05, 4.69) is 23.8 Å². The molecule has 2 rings (SSSR count). The number of β-amino-alcohol motifs (C(OH)–C–C–N with tert-alkyl or cyclic N) is 1. The Morgan fingerprint density at radius 2 is 1.95 bits per heavy atom. The summed E-state index contributed by atoms with van der Waals surface area (Å²) in [6.07, 6.45) is 1.17. The largest absolute Gasteiger partial charge is 0.384 e. The topological polar surface area (TPSA) is 26.7 Å². The Bertz CT molecular complexity index is 391. The maximum Gasteiger partial charge on any atom is 0.0994 e. The molecule has 1 aromatic carbocycles. The molecule has 0 aliphatic carbocycles. The van der Waals surface area contributed by atoms with Gasteiger partial charge in [-0.15, -0.1) is 0 Å². The SMILES string of the molecule is CCC1CN(CC(C)(O)c2ccccc2)CCN1C. The zero-order valence-corrected chi connectivity index (χ0v) is 12.3. The Labute approximate surface area is 116 Å². The lowest BCUT2D eigenvalue weighted by Gasteiger charge is -2.41. The van der Waals surface area contributed by atoms with Crippen LogP contribution in [0.25, 0.3) is 0 Å². The van der Waals surface area contributed by atoms with Crippen molar-refractivity contribution >= 4 is 0 Å². The van der Waals surface area contributed by atoms with Gasteiger partial charge in [0.1, 0.15) is 0 Å². The highest BCUT2D eigenvalue weighted by molar-refractivity contribution is 5.21. The summed E-state index contributed by atoms with van der Waals surface area (Å²) in [5, 5.41) is 10.7. The van der Waals surface area contributed by atoms with Gasteiger partial charge in [0.25, 0.3) is 0 Å². The molecule has 0 spiro atoms. The predicted molar refractivity (Wildman–Crippen MR) is 79.2 cm³/mol. The Balaban J connectivity index is 2.01. The van der Waals surface area contributed by atoms with Crippen molar-refractivity contribution in [3.8, 4) is 0 Å². The van der Waals surface area contributed by atoms with Crippen LogP contribution < -0.4 is 0 Å². The Morgan fingerprint density at radius 1 is 1.26 bits per heavy atom. The van der Waals surface area contributed by atoms with Crippen LogP contribution >= 0.6 is 0 Å². The molecule has 106 valence electrons. The van der Waals surface area contributed by atoms with E-state index in [1.54, 1.807) is 0 Å². The molecule has 1 aliphatic rings. The summed E-state index contributed by atoms with van der Waals surface area (Å²) in [5.41, 5.74) is 0.233. The predicted octanol–water partition coefficient (Wildman–Crippen LogP) is 1.92. The summed E-state index contributed by atoms with van der Waals surface area (Å²) in [7, 11) is 2.20. The van der Waals surface area contributed by atoms with E-state index in [-0.39, 0.29) is 0 Å². The van der Waals surface area contributed by atoms with Crippen LogP contribution in [-0.2, 0) is 5.60 Å². The van der Waals surface area contributed by atoms with Gasteiger partial charge in [-0.05, 0) is 26.0 Å². The van der Waals surface area contributed by atoms with Crippen LogP contribution in [0.4, 0.5) is 0 Å². The van der Waals surface area contributed by atoms with Gasteiger partial charge in [0.2, 0.25) is 0 Å². The van der Waals surface area contributed by atoms with Crippen molar-refractivity contribution in [2.24, 2.45) is 0 Å². The molecular formula is C16H26N2O.